The van der Waals surface area contributed by atoms with Crippen molar-refractivity contribution in [1.29, 1.82) is 0 Å². The van der Waals surface area contributed by atoms with Crippen LogP contribution in [0.2, 0.25) is 5.02 Å². The minimum atomic E-state index is -0.768. The molecule has 3 aromatic carbocycles. The first kappa shape index (κ1) is 20.6. The average Bonchev–Trinajstić information content (AvgIpc) is 3.42. The summed E-state index contributed by atoms with van der Waals surface area (Å²) in [5.41, 5.74) is 1.14. The minimum absolute atomic E-state index is 0.0556. The van der Waals surface area contributed by atoms with E-state index in [1.807, 2.05) is 36.4 Å². The highest BCUT2D eigenvalue weighted by Crippen LogP contribution is 2.45. The van der Waals surface area contributed by atoms with Crippen LogP contribution in [0.15, 0.2) is 66.2 Å². The van der Waals surface area contributed by atoms with E-state index in [1.165, 1.54) is 6.07 Å². The Morgan fingerprint density at radius 3 is 2.44 bits per heavy atom. The molecule has 1 unspecified atom stereocenters. The van der Waals surface area contributed by atoms with Crippen molar-refractivity contribution in [2.75, 3.05) is 0 Å². The number of likely N-dealkylation sites (tertiary alicyclic amines) is 1. The van der Waals surface area contributed by atoms with Crippen LogP contribution in [0.5, 0.6) is 5.75 Å². The van der Waals surface area contributed by atoms with Gasteiger partial charge in [-0.05, 0) is 41.3 Å². The lowest BCUT2D eigenvalue weighted by Crippen LogP contribution is -2.37. The number of rotatable bonds is 3. The zero-order chi connectivity index (χ0) is 22.4. The van der Waals surface area contributed by atoms with Gasteiger partial charge in [-0.1, -0.05) is 73.0 Å². The number of hydrogen-bond donors (Lipinski definition) is 2. The summed E-state index contributed by atoms with van der Waals surface area (Å²) in [5, 5.41) is 23.2. The zero-order valence-corrected chi connectivity index (χ0v) is 18.0. The van der Waals surface area contributed by atoms with Gasteiger partial charge in [0.2, 0.25) is 0 Å². The predicted octanol–water partition coefficient (Wildman–Crippen LogP) is 5.56. The molecule has 5 nitrogen and oxygen atoms in total. The van der Waals surface area contributed by atoms with Crippen LogP contribution in [0.25, 0.3) is 16.5 Å². The highest BCUT2D eigenvalue weighted by Gasteiger charge is 2.49. The molecule has 5 rings (SSSR count). The van der Waals surface area contributed by atoms with E-state index in [1.54, 1.807) is 23.1 Å². The SMILES string of the molecule is O=C1C(=O)N(C2CCCC2)C(c2ccc(O)c(Cl)c2)/C1=C(/O)c1cccc2ccccc12. The van der Waals surface area contributed by atoms with Crippen LogP contribution in [0.1, 0.15) is 42.9 Å². The van der Waals surface area contributed by atoms with Crippen molar-refractivity contribution in [2.24, 2.45) is 0 Å². The Kier molecular flexibility index (Phi) is 5.14. The van der Waals surface area contributed by atoms with Gasteiger partial charge < -0.3 is 15.1 Å². The van der Waals surface area contributed by atoms with Crippen molar-refractivity contribution in [3.63, 3.8) is 0 Å². The molecule has 162 valence electrons. The van der Waals surface area contributed by atoms with Gasteiger partial charge in [-0.3, -0.25) is 9.59 Å². The maximum Gasteiger partial charge on any atom is 0.295 e. The molecule has 0 spiro atoms. The topological polar surface area (TPSA) is 77.8 Å². The van der Waals surface area contributed by atoms with Crippen LogP contribution in [0.4, 0.5) is 0 Å². The predicted molar refractivity (Wildman–Crippen MR) is 123 cm³/mol. The fourth-order valence-corrected chi connectivity index (χ4v) is 5.20. The Labute approximate surface area is 190 Å². The Balaban J connectivity index is 1.75. The molecule has 2 fully saturated rings. The molecule has 32 heavy (non-hydrogen) atoms. The van der Waals surface area contributed by atoms with Crippen LogP contribution in [-0.4, -0.2) is 32.8 Å². The van der Waals surface area contributed by atoms with Gasteiger partial charge in [0.15, 0.2) is 0 Å². The number of halogens is 1. The number of aliphatic hydroxyl groups excluding tert-OH is 1. The van der Waals surface area contributed by atoms with E-state index < -0.39 is 17.7 Å². The second-order valence-electron chi connectivity index (χ2n) is 8.38. The summed E-state index contributed by atoms with van der Waals surface area (Å²) in [6, 6.07) is 16.9. The Morgan fingerprint density at radius 2 is 1.69 bits per heavy atom. The molecule has 1 saturated carbocycles. The molecule has 1 aliphatic heterocycles. The van der Waals surface area contributed by atoms with Gasteiger partial charge in [-0.2, -0.15) is 0 Å². The summed E-state index contributed by atoms with van der Waals surface area (Å²) in [7, 11) is 0. The second kappa shape index (κ2) is 7.99. The summed E-state index contributed by atoms with van der Waals surface area (Å²) in [6.45, 7) is 0. The van der Waals surface area contributed by atoms with Crippen molar-refractivity contribution in [3.8, 4) is 5.75 Å². The van der Waals surface area contributed by atoms with Gasteiger partial charge in [0, 0.05) is 11.6 Å². The average molecular weight is 448 g/mol. The van der Waals surface area contributed by atoms with E-state index in [0.717, 1.165) is 36.5 Å². The first-order valence-electron chi connectivity index (χ1n) is 10.7. The van der Waals surface area contributed by atoms with E-state index in [0.29, 0.717) is 11.1 Å². The third-order valence-corrected chi connectivity index (χ3v) is 6.83. The highest BCUT2D eigenvalue weighted by molar-refractivity contribution is 6.47. The van der Waals surface area contributed by atoms with Crippen LogP contribution in [0, 0.1) is 0 Å². The van der Waals surface area contributed by atoms with Crippen LogP contribution < -0.4 is 0 Å². The number of phenolic OH excluding ortho intramolecular Hbond substituents is 1. The van der Waals surface area contributed by atoms with E-state index in [4.69, 9.17) is 11.6 Å². The van der Waals surface area contributed by atoms with Gasteiger partial charge in [0.1, 0.15) is 11.5 Å². The molecule has 1 aliphatic carbocycles. The number of amides is 1. The Morgan fingerprint density at radius 1 is 0.969 bits per heavy atom. The summed E-state index contributed by atoms with van der Waals surface area (Å²) in [5.74, 6) is -1.58. The number of phenols is 1. The fraction of sp³-hybridized carbons (Fsp3) is 0.231. The molecule has 2 aliphatic rings. The first-order valence-corrected chi connectivity index (χ1v) is 11.1. The van der Waals surface area contributed by atoms with Gasteiger partial charge >= 0.3 is 0 Å². The fourth-order valence-electron chi connectivity index (χ4n) is 5.01. The number of fused-ring (bicyclic) bond motifs is 1. The number of Topliss-reactive ketones (excluding diaryl/α,β-unsaturated/α-hetero) is 1. The lowest BCUT2D eigenvalue weighted by Gasteiger charge is -2.31. The molecule has 3 aromatic rings. The van der Waals surface area contributed by atoms with Crippen LogP contribution >= 0.6 is 11.6 Å². The van der Waals surface area contributed by atoms with Crippen molar-refractivity contribution < 1.29 is 19.8 Å². The van der Waals surface area contributed by atoms with E-state index in [-0.39, 0.29) is 28.1 Å². The molecule has 0 bridgehead atoms. The third-order valence-electron chi connectivity index (χ3n) is 6.53. The van der Waals surface area contributed by atoms with Crippen molar-refractivity contribution in [3.05, 3.63) is 82.4 Å². The van der Waals surface area contributed by atoms with Gasteiger partial charge in [0.25, 0.3) is 11.7 Å². The maximum absolute atomic E-state index is 13.3. The van der Waals surface area contributed by atoms with E-state index >= 15 is 0 Å². The lowest BCUT2D eigenvalue weighted by atomic mass is 9.93. The number of carbonyl (C=O) groups excluding carboxylic acids is 2. The van der Waals surface area contributed by atoms with Crippen molar-refractivity contribution in [1.82, 2.24) is 4.90 Å². The molecule has 1 atom stereocenters. The first-order chi connectivity index (χ1) is 15.5. The Hall–Kier alpha value is -3.31. The molecule has 1 amide bonds. The summed E-state index contributed by atoms with van der Waals surface area (Å²) < 4.78 is 0. The van der Waals surface area contributed by atoms with E-state index in [9.17, 15) is 19.8 Å². The molecular formula is C26H22ClNO4. The van der Waals surface area contributed by atoms with Crippen LogP contribution in [-0.2, 0) is 9.59 Å². The van der Waals surface area contributed by atoms with Gasteiger partial charge in [-0.15, -0.1) is 0 Å². The lowest BCUT2D eigenvalue weighted by molar-refractivity contribution is -0.141. The number of aromatic hydroxyl groups is 1. The molecule has 1 heterocycles. The molecule has 1 saturated heterocycles. The number of carbonyl (C=O) groups is 2. The second-order valence-corrected chi connectivity index (χ2v) is 8.79. The van der Waals surface area contributed by atoms with Crippen molar-refractivity contribution >= 4 is 39.8 Å². The molecule has 2 N–H and O–H groups in total. The summed E-state index contributed by atoms with van der Waals surface area (Å²) >= 11 is 6.18. The smallest absolute Gasteiger partial charge is 0.295 e. The number of nitrogens with zero attached hydrogens (tertiary/aromatic N) is 1. The van der Waals surface area contributed by atoms with Gasteiger partial charge in [0.05, 0.1) is 16.6 Å². The third kappa shape index (κ3) is 3.24. The van der Waals surface area contributed by atoms with E-state index in [2.05, 4.69) is 0 Å². The van der Waals surface area contributed by atoms with Gasteiger partial charge in [-0.25, -0.2) is 0 Å². The van der Waals surface area contributed by atoms with Crippen LogP contribution in [0.3, 0.4) is 0 Å². The quantitative estimate of drug-likeness (QED) is 0.313. The molecule has 0 radical (unpaired) electrons. The zero-order valence-electron chi connectivity index (χ0n) is 17.3. The normalized spacial score (nSPS) is 21.0. The minimum Gasteiger partial charge on any atom is -0.507 e. The number of aliphatic hydroxyl groups is 1. The highest BCUT2D eigenvalue weighted by atomic mass is 35.5. The summed E-state index contributed by atoms with van der Waals surface area (Å²) in [4.78, 5) is 28.1. The summed E-state index contributed by atoms with van der Waals surface area (Å²) in [6.07, 6.45) is 3.59. The molecule has 0 aromatic heterocycles. The number of hydrogen-bond acceptors (Lipinski definition) is 4. The largest absolute Gasteiger partial charge is 0.507 e. The number of ketones is 1. The monoisotopic (exact) mass is 447 g/mol. The standard InChI is InChI=1S/C26H22ClNO4/c27-20-14-16(12-13-21(20)29)23-22(25(31)26(32)28(23)17-8-2-3-9-17)24(30)19-11-5-7-15-6-1-4-10-18(15)19/h1,4-7,10-14,17,23,29-30H,2-3,8-9H2/b24-22-. The Bertz CT molecular complexity index is 1270. The van der Waals surface area contributed by atoms with Crippen molar-refractivity contribution in [2.45, 2.75) is 37.8 Å². The molecule has 6 heteroatoms. The molecular weight excluding hydrogens is 426 g/mol. The number of benzene rings is 3. The maximum atomic E-state index is 13.3.